The Labute approximate surface area is 195 Å². The van der Waals surface area contributed by atoms with Gasteiger partial charge in [0, 0.05) is 17.3 Å². The molecule has 0 aliphatic heterocycles. The summed E-state index contributed by atoms with van der Waals surface area (Å²) in [5, 5.41) is 0. The van der Waals surface area contributed by atoms with Gasteiger partial charge >= 0.3 is 12.1 Å². The predicted molar refractivity (Wildman–Crippen MR) is 121 cm³/mol. The quantitative estimate of drug-likeness (QED) is 0.379. The summed E-state index contributed by atoms with van der Waals surface area (Å²) in [6, 6.07) is 14.4. The monoisotopic (exact) mass is 468 g/mol. The minimum absolute atomic E-state index is 0.107. The van der Waals surface area contributed by atoms with Crippen molar-refractivity contribution in [1.82, 2.24) is 9.97 Å². The Kier molecular flexibility index (Phi) is 6.95. The zero-order chi connectivity index (χ0) is 24.1. The highest BCUT2D eigenvalue weighted by Gasteiger charge is 2.32. The van der Waals surface area contributed by atoms with Crippen LogP contribution in [0.4, 0.5) is 13.2 Å². The van der Waals surface area contributed by atoms with E-state index in [0.29, 0.717) is 41.1 Å². The van der Waals surface area contributed by atoms with Gasteiger partial charge in [-0.05, 0) is 61.6 Å². The molecule has 1 aliphatic carbocycles. The number of hydrogen-bond acceptors (Lipinski definition) is 5. The Morgan fingerprint density at radius 2 is 1.79 bits per heavy atom. The fourth-order valence-corrected chi connectivity index (χ4v) is 3.91. The fraction of sp³-hybridized carbons (Fsp3) is 0.269. The second-order valence-corrected chi connectivity index (χ2v) is 7.78. The molecule has 2 aromatic carbocycles. The first-order chi connectivity index (χ1) is 16.4. The number of nitrogens with zero attached hydrogens (tertiary/aromatic N) is 2. The first-order valence-electron chi connectivity index (χ1n) is 11.0. The number of esters is 1. The number of allylic oxidation sites excluding steroid dienone is 2. The molecule has 0 saturated carbocycles. The van der Waals surface area contributed by atoms with Crippen molar-refractivity contribution < 1.29 is 27.4 Å². The van der Waals surface area contributed by atoms with E-state index in [1.165, 1.54) is 18.3 Å². The molecule has 1 heterocycles. The van der Waals surface area contributed by atoms with Gasteiger partial charge < -0.3 is 9.47 Å². The smallest absolute Gasteiger partial charge is 0.416 e. The normalized spacial score (nSPS) is 13.8. The maximum absolute atomic E-state index is 13.5. The Bertz CT molecular complexity index is 1210. The second kappa shape index (κ2) is 10.1. The van der Waals surface area contributed by atoms with Gasteiger partial charge in [0.15, 0.2) is 11.5 Å². The van der Waals surface area contributed by atoms with Gasteiger partial charge in [-0.2, -0.15) is 13.2 Å². The highest BCUT2D eigenvalue weighted by Crippen LogP contribution is 2.44. The standard InChI is InChI=1S/C26H23F3N2O3/c1-2-33-25(32)22-13-14-30-24(31-22)20-10-6-9-19(20)21-15-18(26(27,28)29)11-12-23(21)34-16-17-7-4-3-5-8-17/h3-5,7-8,11-15H,2,6,9-10,16H2,1H3. The third-order valence-corrected chi connectivity index (χ3v) is 5.50. The van der Waals surface area contributed by atoms with Gasteiger partial charge in [0.2, 0.25) is 0 Å². The largest absolute Gasteiger partial charge is 0.488 e. The molecule has 4 rings (SSSR count). The molecule has 0 atom stereocenters. The van der Waals surface area contributed by atoms with Crippen LogP contribution in [0.15, 0.2) is 60.8 Å². The Balaban J connectivity index is 1.76. The van der Waals surface area contributed by atoms with Crippen LogP contribution in [0.5, 0.6) is 5.75 Å². The van der Waals surface area contributed by atoms with Crippen molar-refractivity contribution in [1.29, 1.82) is 0 Å². The number of hydrogen-bond donors (Lipinski definition) is 0. The molecule has 34 heavy (non-hydrogen) atoms. The molecule has 8 heteroatoms. The summed E-state index contributed by atoms with van der Waals surface area (Å²) in [5.74, 6) is 0.0922. The number of ether oxygens (including phenoxy) is 2. The van der Waals surface area contributed by atoms with Crippen LogP contribution in [0.25, 0.3) is 11.1 Å². The van der Waals surface area contributed by atoms with Gasteiger partial charge in [0.25, 0.3) is 0 Å². The minimum Gasteiger partial charge on any atom is -0.488 e. The number of rotatable bonds is 7. The molecular formula is C26H23F3N2O3. The lowest BCUT2D eigenvalue weighted by molar-refractivity contribution is -0.137. The summed E-state index contributed by atoms with van der Waals surface area (Å²) in [6.07, 6.45) is -1.18. The molecule has 0 radical (unpaired) electrons. The number of carbonyl (C=O) groups excluding carboxylic acids is 1. The zero-order valence-electron chi connectivity index (χ0n) is 18.6. The molecular weight excluding hydrogens is 445 g/mol. The topological polar surface area (TPSA) is 61.3 Å². The second-order valence-electron chi connectivity index (χ2n) is 7.78. The van der Waals surface area contributed by atoms with Crippen LogP contribution < -0.4 is 4.74 Å². The van der Waals surface area contributed by atoms with E-state index in [1.807, 2.05) is 30.3 Å². The van der Waals surface area contributed by atoms with Crippen molar-refractivity contribution in [3.63, 3.8) is 0 Å². The van der Waals surface area contributed by atoms with Crippen LogP contribution in [-0.2, 0) is 17.5 Å². The number of carbonyl (C=O) groups is 1. The molecule has 0 amide bonds. The summed E-state index contributed by atoms with van der Waals surface area (Å²) in [7, 11) is 0. The van der Waals surface area contributed by atoms with Crippen LogP contribution in [0.2, 0.25) is 0 Å². The van der Waals surface area contributed by atoms with Crippen LogP contribution in [0.3, 0.4) is 0 Å². The summed E-state index contributed by atoms with van der Waals surface area (Å²) in [5.41, 5.74) is 2.01. The number of benzene rings is 2. The molecule has 0 fully saturated rings. The van der Waals surface area contributed by atoms with Gasteiger partial charge in [-0.15, -0.1) is 0 Å². The van der Waals surface area contributed by atoms with Gasteiger partial charge in [0.05, 0.1) is 12.2 Å². The first-order valence-corrected chi connectivity index (χ1v) is 11.0. The fourth-order valence-electron chi connectivity index (χ4n) is 3.91. The van der Waals surface area contributed by atoms with Gasteiger partial charge in [-0.25, -0.2) is 14.8 Å². The molecule has 1 aliphatic rings. The SMILES string of the molecule is CCOC(=O)c1ccnc(C2=C(c3cc(C(F)(F)F)ccc3OCc3ccccc3)CCC2)n1. The van der Waals surface area contributed by atoms with Crippen molar-refractivity contribution in [2.45, 2.75) is 39.0 Å². The zero-order valence-corrected chi connectivity index (χ0v) is 18.6. The van der Waals surface area contributed by atoms with E-state index in [9.17, 15) is 18.0 Å². The van der Waals surface area contributed by atoms with Gasteiger partial charge in [-0.1, -0.05) is 30.3 Å². The van der Waals surface area contributed by atoms with E-state index < -0.39 is 17.7 Å². The Morgan fingerprint density at radius 3 is 2.53 bits per heavy atom. The van der Waals surface area contributed by atoms with Crippen molar-refractivity contribution >= 4 is 17.1 Å². The lowest BCUT2D eigenvalue weighted by Gasteiger charge is -2.17. The van der Waals surface area contributed by atoms with E-state index in [-0.39, 0.29) is 18.9 Å². The lowest BCUT2D eigenvalue weighted by Crippen LogP contribution is -2.09. The first kappa shape index (κ1) is 23.5. The van der Waals surface area contributed by atoms with Crippen LogP contribution in [0, 0.1) is 0 Å². The van der Waals surface area contributed by atoms with Crippen molar-refractivity contribution in [3.05, 3.63) is 89.0 Å². The molecule has 0 spiro atoms. The van der Waals surface area contributed by atoms with Crippen molar-refractivity contribution in [3.8, 4) is 5.75 Å². The molecule has 0 saturated heterocycles. The number of halogens is 3. The molecule has 1 aromatic heterocycles. The summed E-state index contributed by atoms with van der Waals surface area (Å²) in [4.78, 5) is 20.7. The lowest BCUT2D eigenvalue weighted by atomic mass is 9.98. The number of aromatic nitrogens is 2. The Morgan fingerprint density at radius 1 is 1.03 bits per heavy atom. The third-order valence-electron chi connectivity index (χ3n) is 5.50. The van der Waals surface area contributed by atoms with E-state index in [1.54, 1.807) is 6.92 Å². The summed E-state index contributed by atoms with van der Waals surface area (Å²) < 4.78 is 51.6. The third kappa shape index (κ3) is 5.27. The van der Waals surface area contributed by atoms with Gasteiger partial charge in [0.1, 0.15) is 12.4 Å². The minimum atomic E-state index is -4.49. The van der Waals surface area contributed by atoms with E-state index in [0.717, 1.165) is 24.1 Å². The maximum atomic E-state index is 13.5. The maximum Gasteiger partial charge on any atom is 0.416 e. The molecule has 0 unspecified atom stereocenters. The summed E-state index contributed by atoms with van der Waals surface area (Å²) >= 11 is 0. The predicted octanol–water partition coefficient (Wildman–Crippen LogP) is 6.35. The molecule has 3 aromatic rings. The van der Waals surface area contributed by atoms with E-state index in [4.69, 9.17) is 9.47 Å². The van der Waals surface area contributed by atoms with Crippen LogP contribution >= 0.6 is 0 Å². The molecule has 5 nitrogen and oxygen atoms in total. The van der Waals surface area contributed by atoms with Crippen LogP contribution in [0.1, 0.15) is 59.2 Å². The Hall–Kier alpha value is -3.68. The van der Waals surface area contributed by atoms with Gasteiger partial charge in [-0.3, -0.25) is 0 Å². The van der Waals surface area contributed by atoms with Crippen molar-refractivity contribution in [2.24, 2.45) is 0 Å². The average Bonchev–Trinajstić information content (AvgIpc) is 3.33. The molecule has 0 bridgehead atoms. The highest BCUT2D eigenvalue weighted by molar-refractivity contribution is 5.94. The molecule has 0 N–H and O–H groups in total. The van der Waals surface area contributed by atoms with Crippen molar-refractivity contribution in [2.75, 3.05) is 6.61 Å². The van der Waals surface area contributed by atoms with E-state index in [2.05, 4.69) is 9.97 Å². The highest BCUT2D eigenvalue weighted by atomic mass is 19.4. The average molecular weight is 468 g/mol. The summed E-state index contributed by atoms with van der Waals surface area (Å²) in [6.45, 7) is 2.12. The van der Waals surface area contributed by atoms with E-state index >= 15 is 0 Å². The molecule has 176 valence electrons. The van der Waals surface area contributed by atoms with Crippen LogP contribution in [-0.4, -0.2) is 22.5 Å². The number of alkyl halides is 3.